The van der Waals surface area contributed by atoms with Crippen molar-refractivity contribution in [3.8, 4) is 0 Å². The lowest BCUT2D eigenvalue weighted by molar-refractivity contribution is -0.137. The highest BCUT2D eigenvalue weighted by Gasteiger charge is 2.34. The van der Waals surface area contributed by atoms with Gasteiger partial charge in [0.1, 0.15) is 0 Å². The lowest BCUT2D eigenvalue weighted by Crippen LogP contribution is -2.41. The summed E-state index contributed by atoms with van der Waals surface area (Å²) in [5, 5.41) is 9.09. The summed E-state index contributed by atoms with van der Waals surface area (Å²) in [5.41, 5.74) is 2.54. The molecule has 1 atom stereocenters. The molecule has 1 heterocycles. The Balaban J connectivity index is 1.79. The molecule has 20 heavy (non-hydrogen) atoms. The van der Waals surface area contributed by atoms with Crippen molar-refractivity contribution in [1.29, 1.82) is 0 Å². The van der Waals surface area contributed by atoms with E-state index in [1.54, 1.807) is 0 Å². The molecule has 3 nitrogen and oxygen atoms in total. The maximum atomic E-state index is 11.0. The molecule has 2 fully saturated rings. The molecule has 1 saturated heterocycles. The van der Waals surface area contributed by atoms with Crippen molar-refractivity contribution in [1.82, 2.24) is 4.90 Å². The van der Waals surface area contributed by atoms with E-state index in [1.165, 1.54) is 24.0 Å². The molecule has 0 spiro atoms. The van der Waals surface area contributed by atoms with Crippen LogP contribution in [0.25, 0.3) is 0 Å². The Kier molecular flexibility index (Phi) is 3.87. The fourth-order valence-electron chi connectivity index (χ4n) is 3.24. The number of likely N-dealkylation sites (tertiary alicyclic amines) is 1. The Hall–Kier alpha value is -0.870. The van der Waals surface area contributed by atoms with Gasteiger partial charge in [0, 0.05) is 23.5 Å². The smallest absolute Gasteiger partial charge is 0.303 e. The predicted molar refractivity (Wildman–Crippen MR) is 82.1 cm³/mol. The van der Waals surface area contributed by atoms with Crippen LogP contribution in [0.3, 0.4) is 0 Å². The van der Waals surface area contributed by atoms with E-state index < -0.39 is 5.97 Å². The molecule has 3 rings (SSSR count). The van der Waals surface area contributed by atoms with Crippen molar-refractivity contribution >= 4 is 21.9 Å². The van der Waals surface area contributed by atoms with E-state index in [4.69, 9.17) is 5.11 Å². The minimum Gasteiger partial charge on any atom is -0.481 e. The van der Waals surface area contributed by atoms with E-state index in [0.717, 1.165) is 17.6 Å². The van der Waals surface area contributed by atoms with Crippen molar-refractivity contribution in [2.24, 2.45) is 5.92 Å². The Labute approximate surface area is 128 Å². The third kappa shape index (κ3) is 2.91. The molecule has 1 aromatic rings. The predicted octanol–water partition coefficient (Wildman–Crippen LogP) is 3.45. The highest BCUT2D eigenvalue weighted by atomic mass is 79.9. The van der Waals surface area contributed by atoms with Gasteiger partial charge < -0.3 is 10.0 Å². The molecule has 1 saturated carbocycles. The molecule has 0 amide bonds. The van der Waals surface area contributed by atoms with Crippen LogP contribution in [0.4, 0.5) is 0 Å². The van der Waals surface area contributed by atoms with Gasteiger partial charge in [0.2, 0.25) is 0 Å². The van der Waals surface area contributed by atoms with Crippen molar-refractivity contribution in [2.45, 2.75) is 31.1 Å². The van der Waals surface area contributed by atoms with Gasteiger partial charge in [-0.1, -0.05) is 28.1 Å². The minimum absolute atomic E-state index is 0.182. The van der Waals surface area contributed by atoms with Crippen LogP contribution < -0.4 is 0 Å². The summed E-state index contributed by atoms with van der Waals surface area (Å²) in [4.78, 5) is 13.4. The summed E-state index contributed by atoms with van der Waals surface area (Å²) in [6, 6.07) is 6.48. The van der Waals surface area contributed by atoms with E-state index in [2.05, 4.69) is 46.1 Å². The van der Waals surface area contributed by atoms with Crippen LogP contribution in [0.5, 0.6) is 0 Å². The molecule has 1 N–H and O–H groups in total. The average Bonchev–Trinajstić information content (AvgIpc) is 3.16. The van der Waals surface area contributed by atoms with Gasteiger partial charge >= 0.3 is 5.97 Å². The lowest BCUT2D eigenvalue weighted by Gasteiger charge is -2.37. The summed E-state index contributed by atoms with van der Waals surface area (Å²) < 4.78 is 1.14. The van der Waals surface area contributed by atoms with Crippen LogP contribution in [-0.2, 0) is 4.79 Å². The van der Waals surface area contributed by atoms with Crippen LogP contribution in [0.1, 0.15) is 42.2 Å². The molecule has 1 unspecified atom stereocenters. The molecule has 1 aliphatic carbocycles. The number of halogens is 1. The molecule has 2 aliphatic rings. The third-order valence-corrected chi connectivity index (χ3v) is 5.23. The summed E-state index contributed by atoms with van der Waals surface area (Å²) in [7, 11) is 2.13. The lowest BCUT2D eigenvalue weighted by atomic mass is 9.87. The van der Waals surface area contributed by atoms with Gasteiger partial charge in [-0.05, 0) is 48.9 Å². The number of hydrogen-bond donors (Lipinski definition) is 1. The van der Waals surface area contributed by atoms with Crippen molar-refractivity contribution in [2.75, 3.05) is 20.1 Å². The first kappa shape index (κ1) is 14.1. The normalized spacial score (nSPS) is 21.5. The summed E-state index contributed by atoms with van der Waals surface area (Å²) in [5.74, 6) is 0.672. The summed E-state index contributed by atoms with van der Waals surface area (Å²) in [6.45, 7) is 2.22. The number of nitrogens with zero attached hydrogens (tertiary/aromatic N) is 1. The number of aliphatic carboxylic acids is 1. The fourth-order valence-corrected chi connectivity index (χ4v) is 3.96. The van der Waals surface area contributed by atoms with Gasteiger partial charge in [-0.3, -0.25) is 4.79 Å². The van der Waals surface area contributed by atoms with E-state index >= 15 is 0 Å². The van der Waals surface area contributed by atoms with Crippen molar-refractivity contribution < 1.29 is 9.90 Å². The third-order valence-electron chi connectivity index (χ3n) is 4.54. The second-order valence-corrected chi connectivity index (χ2v) is 7.10. The molecule has 0 bridgehead atoms. The molecular formula is C16H20BrNO2. The van der Waals surface area contributed by atoms with Gasteiger partial charge in [-0.25, -0.2) is 0 Å². The monoisotopic (exact) mass is 337 g/mol. The standard InChI is InChI=1S/C16H20BrNO2/c1-18-8-12(9-18)13-5-4-11(6-15(13)17)14(7-16(19)20)10-2-3-10/h4-6,10,12,14H,2-3,7-9H2,1H3,(H,19,20). The maximum Gasteiger partial charge on any atom is 0.303 e. The van der Waals surface area contributed by atoms with E-state index in [-0.39, 0.29) is 12.3 Å². The summed E-state index contributed by atoms with van der Waals surface area (Å²) in [6.07, 6.45) is 2.60. The Morgan fingerprint density at radius 3 is 2.65 bits per heavy atom. The zero-order valence-corrected chi connectivity index (χ0v) is 13.3. The highest BCUT2D eigenvalue weighted by molar-refractivity contribution is 9.10. The Morgan fingerprint density at radius 1 is 1.45 bits per heavy atom. The molecular weight excluding hydrogens is 318 g/mol. The number of hydrogen-bond acceptors (Lipinski definition) is 2. The number of carboxylic acid groups (broad SMARTS) is 1. The molecule has 0 radical (unpaired) electrons. The van der Waals surface area contributed by atoms with Crippen LogP contribution in [0.2, 0.25) is 0 Å². The Bertz CT molecular complexity index is 521. The van der Waals surface area contributed by atoms with Crippen molar-refractivity contribution in [3.63, 3.8) is 0 Å². The maximum absolute atomic E-state index is 11.0. The van der Waals surface area contributed by atoms with Crippen LogP contribution in [0, 0.1) is 5.92 Å². The SMILES string of the molecule is CN1CC(c2ccc(C(CC(=O)O)C3CC3)cc2Br)C1. The zero-order valence-electron chi connectivity index (χ0n) is 11.7. The number of carboxylic acids is 1. The number of benzene rings is 1. The second kappa shape index (κ2) is 5.49. The average molecular weight is 338 g/mol. The largest absolute Gasteiger partial charge is 0.481 e. The second-order valence-electron chi connectivity index (χ2n) is 6.24. The number of likely N-dealkylation sites (N-methyl/N-ethyl adjacent to an activating group) is 1. The quantitative estimate of drug-likeness (QED) is 0.894. The Morgan fingerprint density at radius 2 is 2.15 bits per heavy atom. The molecule has 1 aliphatic heterocycles. The molecule has 4 heteroatoms. The van der Waals surface area contributed by atoms with E-state index in [9.17, 15) is 4.79 Å². The van der Waals surface area contributed by atoms with Gasteiger partial charge in [-0.2, -0.15) is 0 Å². The summed E-state index contributed by atoms with van der Waals surface area (Å²) >= 11 is 3.68. The topological polar surface area (TPSA) is 40.5 Å². The van der Waals surface area contributed by atoms with Gasteiger partial charge in [0.25, 0.3) is 0 Å². The van der Waals surface area contributed by atoms with E-state index in [1.807, 2.05) is 0 Å². The first-order valence-electron chi connectivity index (χ1n) is 7.24. The number of rotatable bonds is 5. The first-order chi connectivity index (χ1) is 9.54. The van der Waals surface area contributed by atoms with Crippen LogP contribution in [-0.4, -0.2) is 36.1 Å². The fraction of sp³-hybridized carbons (Fsp3) is 0.562. The molecule has 0 aromatic heterocycles. The minimum atomic E-state index is -0.692. The molecule has 1 aromatic carbocycles. The molecule has 108 valence electrons. The zero-order chi connectivity index (χ0) is 14.3. The van der Waals surface area contributed by atoms with Crippen LogP contribution >= 0.6 is 15.9 Å². The van der Waals surface area contributed by atoms with Crippen molar-refractivity contribution in [3.05, 3.63) is 33.8 Å². The number of carbonyl (C=O) groups is 1. The van der Waals surface area contributed by atoms with Gasteiger partial charge in [0.15, 0.2) is 0 Å². The van der Waals surface area contributed by atoms with Gasteiger partial charge in [0.05, 0.1) is 6.42 Å². The van der Waals surface area contributed by atoms with Crippen LogP contribution in [0.15, 0.2) is 22.7 Å². The van der Waals surface area contributed by atoms with Gasteiger partial charge in [-0.15, -0.1) is 0 Å². The van der Waals surface area contributed by atoms with E-state index in [0.29, 0.717) is 11.8 Å². The highest BCUT2D eigenvalue weighted by Crippen LogP contribution is 2.45. The first-order valence-corrected chi connectivity index (χ1v) is 8.03.